The Hall–Kier alpha value is -2.29. The summed E-state index contributed by atoms with van der Waals surface area (Å²) in [4.78, 5) is 3.18. The normalized spacial score (nSPS) is 11.3. The Balaban J connectivity index is 2.45. The summed E-state index contributed by atoms with van der Waals surface area (Å²) < 4.78 is 64.9. The van der Waals surface area contributed by atoms with E-state index in [1.54, 1.807) is 4.72 Å². The third kappa shape index (κ3) is 2.52. The standard InChI is InChI=1S/C11H8F3N3O2S/c12-6-1-2-8(11(14)10(6)13)17-20(18,19)9-5-16-4-3-7(9)15/h1-5,17H,(H2,15,16). The van der Waals surface area contributed by atoms with Crippen LogP contribution in [0.1, 0.15) is 0 Å². The summed E-state index contributed by atoms with van der Waals surface area (Å²) in [7, 11) is -4.26. The number of hydrogen-bond donors (Lipinski definition) is 2. The van der Waals surface area contributed by atoms with E-state index in [-0.39, 0.29) is 5.69 Å². The van der Waals surface area contributed by atoms with E-state index >= 15 is 0 Å². The molecular weight excluding hydrogens is 295 g/mol. The van der Waals surface area contributed by atoms with E-state index in [1.165, 1.54) is 12.3 Å². The van der Waals surface area contributed by atoms with Gasteiger partial charge in [-0.3, -0.25) is 9.71 Å². The molecule has 0 bridgehead atoms. The number of nitrogens with one attached hydrogen (secondary N) is 1. The fraction of sp³-hybridized carbons (Fsp3) is 0. The van der Waals surface area contributed by atoms with E-state index in [4.69, 9.17) is 5.73 Å². The predicted molar refractivity (Wildman–Crippen MR) is 65.8 cm³/mol. The van der Waals surface area contributed by atoms with Crippen LogP contribution in [0.2, 0.25) is 0 Å². The highest BCUT2D eigenvalue weighted by Gasteiger charge is 2.21. The topological polar surface area (TPSA) is 85.1 Å². The first-order chi connectivity index (χ1) is 9.33. The Morgan fingerprint density at radius 1 is 1.10 bits per heavy atom. The minimum Gasteiger partial charge on any atom is -0.398 e. The van der Waals surface area contributed by atoms with Gasteiger partial charge in [0.05, 0.1) is 11.4 Å². The molecular formula is C11H8F3N3O2S. The molecule has 1 aromatic carbocycles. The molecule has 20 heavy (non-hydrogen) atoms. The van der Waals surface area contributed by atoms with Gasteiger partial charge in [-0.05, 0) is 18.2 Å². The van der Waals surface area contributed by atoms with Crippen LogP contribution in [0.5, 0.6) is 0 Å². The highest BCUT2D eigenvalue weighted by molar-refractivity contribution is 7.92. The summed E-state index contributed by atoms with van der Waals surface area (Å²) in [6.07, 6.45) is 2.22. The lowest BCUT2D eigenvalue weighted by atomic mass is 10.3. The molecule has 1 heterocycles. The second-order valence-corrected chi connectivity index (χ2v) is 5.39. The van der Waals surface area contributed by atoms with Crippen molar-refractivity contribution in [1.82, 2.24) is 4.98 Å². The maximum absolute atomic E-state index is 13.4. The number of rotatable bonds is 3. The fourth-order valence-corrected chi connectivity index (χ4v) is 2.55. The van der Waals surface area contributed by atoms with Crippen molar-refractivity contribution in [3.05, 3.63) is 48.0 Å². The second kappa shape index (κ2) is 5.00. The summed E-state index contributed by atoms with van der Waals surface area (Å²) in [5.74, 6) is -4.84. The largest absolute Gasteiger partial charge is 0.398 e. The van der Waals surface area contributed by atoms with Crippen LogP contribution in [0.3, 0.4) is 0 Å². The molecule has 0 saturated heterocycles. The van der Waals surface area contributed by atoms with Gasteiger partial charge in [0.15, 0.2) is 17.5 Å². The highest BCUT2D eigenvalue weighted by atomic mass is 32.2. The van der Waals surface area contributed by atoms with Gasteiger partial charge < -0.3 is 5.73 Å². The Morgan fingerprint density at radius 3 is 2.45 bits per heavy atom. The number of aromatic nitrogens is 1. The summed E-state index contributed by atoms with van der Waals surface area (Å²) in [5.41, 5.74) is 4.62. The molecule has 0 aliphatic rings. The van der Waals surface area contributed by atoms with Crippen molar-refractivity contribution in [1.29, 1.82) is 0 Å². The first-order valence-electron chi connectivity index (χ1n) is 5.18. The minimum atomic E-state index is -4.26. The third-order valence-corrected chi connectivity index (χ3v) is 3.79. The number of nitrogens with two attached hydrogens (primary N) is 1. The lowest BCUT2D eigenvalue weighted by molar-refractivity contribution is 0.449. The second-order valence-electron chi connectivity index (χ2n) is 3.74. The predicted octanol–water partition coefficient (Wildman–Crippen LogP) is 1.88. The van der Waals surface area contributed by atoms with Gasteiger partial charge in [0, 0.05) is 12.4 Å². The monoisotopic (exact) mass is 303 g/mol. The molecule has 0 unspecified atom stereocenters. The SMILES string of the molecule is Nc1ccncc1S(=O)(=O)Nc1ccc(F)c(F)c1F. The lowest BCUT2D eigenvalue weighted by Crippen LogP contribution is -2.16. The number of hydrogen-bond acceptors (Lipinski definition) is 4. The van der Waals surface area contributed by atoms with E-state index < -0.39 is 38.1 Å². The average Bonchev–Trinajstić information content (AvgIpc) is 2.40. The van der Waals surface area contributed by atoms with Crippen LogP contribution in [-0.4, -0.2) is 13.4 Å². The Kier molecular flexibility index (Phi) is 3.53. The molecule has 0 fully saturated rings. The van der Waals surface area contributed by atoms with Crippen LogP contribution in [0.15, 0.2) is 35.5 Å². The Morgan fingerprint density at radius 2 is 1.80 bits per heavy atom. The number of benzene rings is 1. The first kappa shape index (κ1) is 14.1. The molecule has 0 spiro atoms. The molecule has 0 radical (unpaired) electrons. The van der Waals surface area contributed by atoms with Gasteiger partial charge >= 0.3 is 0 Å². The van der Waals surface area contributed by atoms with Crippen LogP contribution in [0.4, 0.5) is 24.5 Å². The van der Waals surface area contributed by atoms with Crippen LogP contribution in [0.25, 0.3) is 0 Å². The quantitative estimate of drug-likeness (QED) is 0.848. The van der Waals surface area contributed by atoms with E-state index in [9.17, 15) is 21.6 Å². The van der Waals surface area contributed by atoms with Crippen molar-refractivity contribution in [2.75, 3.05) is 10.5 Å². The van der Waals surface area contributed by atoms with E-state index in [2.05, 4.69) is 4.98 Å². The van der Waals surface area contributed by atoms with Gasteiger partial charge in [-0.25, -0.2) is 21.6 Å². The van der Waals surface area contributed by atoms with Gasteiger partial charge in [-0.1, -0.05) is 0 Å². The average molecular weight is 303 g/mol. The number of pyridine rings is 1. The van der Waals surface area contributed by atoms with Gasteiger partial charge in [-0.2, -0.15) is 0 Å². The molecule has 0 amide bonds. The van der Waals surface area contributed by atoms with Crippen molar-refractivity contribution in [2.45, 2.75) is 4.90 Å². The number of nitrogens with zero attached hydrogens (tertiary/aromatic N) is 1. The molecule has 1 aromatic heterocycles. The number of sulfonamides is 1. The summed E-state index contributed by atoms with van der Waals surface area (Å²) in [6.45, 7) is 0. The third-order valence-electron chi connectivity index (χ3n) is 2.39. The van der Waals surface area contributed by atoms with Crippen molar-refractivity contribution in [3.63, 3.8) is 0 Å². The van der Waals surface area contributed by atoms with Crippen LogP contribution in [0, 0.1) is 17.5 Å². The molecule has 2 rings (SSSR count). The smallest absolute Gasteiger partial charge is 0.265 e. The zero-order valence-electron chi connectivity index (χ0n) is 9.77. The van der Waals surface area contributed by atoms with Crippen LogP contribution >= 0.6 is 0 Å². The van der Waals surface area contributed by atoms with E-state index in [0.717, 1.165) is 12.3 Å². The summed E-state index contributed by atoms with van der Waals surface area (Å²) in [5, 5.41) is 0. The van der Waals surface area contributed by atoms with Gasteiger partial charge in [0.25, 0.3) is 10.0 Å². The van der Waals surface area contributed by atoms with Crippen molar-refractivity contribution >= 4 is 21.4 Å². The Bertz CT molecular complexity index is 766. The zero-order valence-corrected chi connectivity index (χ0v) is 10.6. The number of nitrogen functional groups attached to an aromatic ring is 1. The fourth-order valence-electron chi connectivity index (χ4n) is 1.42. The summed E-state index contributed by atoms with van der Waals surface area (Å²) >= 11 is 0. The van der Waals surface area contributed by atoms with Crippen LogP contribution < -0.4 is 10.5 Å². The molecule has 0 aliphatic heterocycles. The van der Waals surface area contributed by atoms with Gasteiger partial charge in [0.2, 0.25) is 0 Å². The molecule has 5 nitrogen and oxygen atoms in total. The van der Waals surface area contributed by atoms with Gasteiger partial charge in [0.1, 0.15) is 4.90 Å². The molecule has 106 valence electrons. The first-order valence-corrected chi connectivity index (χ1v) is 6.67. The zero-order chi connectivity index (χ0) is 14.9. The molecule has 2 aromatic rings. The number of anilines is 2. The van der Waals surface area contributed by atoms with Crippen molar-refractivity contribution in [2.24, 2.45) is 0 Å². The molecule has 3 N–H and O–H groups in total. The van der Waals surface area contributed by atoms with Crippen molar-refractivity contribution < 1.29 is 21.6 Å². The molecule has 9 heteroatoms. The lowest BCUT2D eigenvalue weighted by Gasteiger charge is -2.10. The maximum Gasteiger partial charge on any atom is 0.265 e. The van der Waals surface area contributed by atoms with E-state index in [0.29, 0.717) is 6.07 Å². The molecule has 0 aliphatic carbocycles. The maximum atomic E-state index is 13.4. The molecule has 0 atom stereocenters. The van der Waals surface area contributed by atoms with Gasteiger partial charge in [-0.15, -0.1) is 0 Å². The highest BCUT2D eigenvalue weighted by Crippen LogP contribution is 2.24. The minimum absolute atomic E-state index is 0.115. The number of halogens is 3. The molecule has 0 saturated carbocycles. The summed E-state index contributed by atoms with van der Waals surface area (Å²) in [6, 6.07) is 2.59. The van der Waals surface area contributed by atoms with Crippen LogP contribution in [-0.2, 0) is 10.0 Å². The van der Waals surface area contributed by atoms with Crippen molar-refractivity contribution in [3.8, 4) is 0 Å². The van der Waals surface area contributed by atoms with E-state index in [1.807, 2.05) is 0 Å². The Labute approximate surface area is 112 Å².